The van der Waals surface area contributed by atoms with Gasteiger partial charge in [0.15, 0.2) is 0 Å². The first-order valence-corrected chi connectivity index (χ1v) is 13.3. The molecule has 0 saturated carbocycles. The van der Waals surface area contributed by atoms with E-state index in [-0.39, 0.29) is 6.17 Å². The predicted octanol–water partition coefficient (Wildman–Crippen LogP) is 3.97. The van der Waals surface area contributed by atoms with Gasteiger partial charge in [0.05, 0.1) is 11.1 Å². The number of rotatable bonds is 5. The maximum Gasteiger partial charge on any atom is 0.244 e. The molecular weight excluding hydrogens is 418 g/mol. The molecule has 2 aromatic rings. The Kier molecular flexibility index (Phi) is 6.78. The van der Waals surface area contributed by atoms with Gasteiger partial charge in [0.25, 0.3) is 0 Å². The van der Waals surface area contributed by atoms with E-state index in [1.807, 2.05) is 32.0 Å². The van der Waals surface area contributed by atoms with E-state index in [2.05, 4.69) is 54.8 Å². The molecule has 2 aliphatic rings. The van der Waals surface area contributed by atoms with Gasteiger partial charge in [-0.15, -0.1) is 0 Å². The number of aryl methyl sites for hydroxylation is 3. The molecule has 174 valence electrons. The number of sulfonamides is 1. The molecular formula is C26H37N3O2S. The molecule has 0 spiro atoms. The number of hydrogen-bond donors (Lipinski definition) is 0. The van der Waals surface area contributed by atoms with Gasteiger partial charge in [-0.25, -0.2) is 8.42 Å². The molecule has 6 heteroatoms. The highest BCUT2D eigenvalue weighted by molar-refractivity contribution is 7.89. The highest BCUT2D eigenvalue weighted by atomic mass is 32.2. The molecule has 4 rings (SSSR count). The van der Waals surface area contributed by atoms with Crippen LogP contribution in [0.2, 0.25) is 0 Å². The van der Waals surface area contributed by atoms with E-state index < -0.39 is 10.0 Å². The summed E-state index contributed by atoms with van der Waals surface area (Å²) in [5.41, 5.74) is 4.38. The van der Waals surface area contributed by atoms with E-state index in [0.717, 1.165) is 43.6 Å². The summed E-state index contributed by atoms with van der Waals surface area (Å²) in [6.07, 6.45) is 1.68. The minimum absolute atomic E-state index is 0.125. The third kappa shape index (κ3) is 4.65. The quantitative estimate of drug-likeness (QED) is 0.684. The first-order valence-electron chi connectivity index (χ1n) is 11.8. The Balaban J connectivity index is 1.68. The topological polar surface area (TPSA) is 43.9 Å². The van der Waals surface area contributed by atoms with Crippen LogP contribution < -0.4 is 0 Å². The lowest BCUT2D eigenvalue weighted by Gasteiger charge is -2.53. The molecule has 0 bridgehead atoms. The summed E-state index contributed by atoms with van der Waals surface area (Å²) in [5, 5.41) is 0. The summed E-state index contributed by atoms with van der Waals surface area (Å²) in [5.74, 6) is 0. The van der Waals surface area contributed by atoms with Crippen molar-refractivity contribution in [3.05, 3.63) is 64.7 Å². The van der Waals surface area contributed by atoms with Crippen molar-refractivity contribution in [2.45, 2.75) is 70.6 Å². The second kappa shape index (κ2) is 9.26. The SMILES string of the molecule is Cc1ccc(CC2CN(C(C)C)CC3N2CCCN3S(=O)(=O)c2cc(C)ccc2C)cc1. The second-order valence-corrected chi connectivity index (χ2v) is 11.7. The van der Waals surface area contributed by atoms with Crippen molar-refractivity contribution in [2.75, 3.05) is 26.2 Å². The Bertz CT molecular complexity index is 1050. The van der Waals surface area contributed by atoms with E-state index in [0.29, 0.717) is 23.5 Å². The van der Waals surface area contributed by atoms with Crippen molar-refractivity contribution in [3.8, 4) is 0 Å². The number of benzene rings is 2. The minimum atomic E-state index is -3.57. The summed E-state index contributed by atoms with van der Waals surface area (Å²) in [6.45, 7) is 13.7. The molecule has 2 saturated heterocycles. The van der Waals surface area contributed by atoms with Gasteiger partial charge in [-0.2, -0.15) is 4.31 Å². The Labute approximate surface area is 194 Å². The van der Waals surface area contributed by atoms with Crippen LogP contribution in [0.1, 0.15) is 42.5 Å². The summed E-state index contributed by atoms with van der Waals surface area (Å²) in [7, 11) is -3.57. The van der Waals surface area contributed by atoms with E-state index >= 15 is 0 Å². The third-order valence-electron chi connectivity index (χ3n) is 7.07. The van der Waals surface area contributed by atoms with Crippen molar-refractivity contribution in [2.24, 2.45) is 0 Å². The molecule has 0 amide bonds. The molecule has 2 atom stereocenters. The van der Waals surface area contributed by atoms with Crippen LogP contribution in [-0.4, -0.2) is 67.0 Å². The molecule has 2 unspecified atom stereocenters. The molecule has 2 aromatic carbocycles. The van der Waals surface area contributed by atoms with Crippen LogP contribution in [0, 0.1) is 20.8 Å². The van der Waals surface area contributed by atoms with Crippen molar-refractivity contribution < 1.29 is 8.42 Å². The number of piperazine rings is 1. The summed E-state index contributed by atoms with van der Waals surface area (Å²) < 4.78 is 29.5. The Morgan fingerprint density at radius 3 is 2.31 bits per heavy atom. The van der Waals surface area contributed by atoms with Crippen LogP contribution in [0.3, 0.4) is 0 Å². The minimum Gasteiger partial charge on any atom is -0.296 e. The molecule has 32 heavy (non-hydrogen) atoms. The third-order valence-corrected chi connectivity index (χ3v) is 9.11. The van der Waals surface area contributed by atoms with Crippen LogP contribution in [0.25, 0.3) is 0 Å². The van der Waals surface area contributed by atoms with E-state index in [1.165, 1.54) is 11.1 Å². The van der Waals surface area contributed by atoms with E-state index in [9.17, 15) is 8.42 Å². The average Bonchev–Trinajstić information content (AvgIpc) is 2.76. The largest absolute Gasteiger partial charge is 0.296 e. The Hall–Kier alpha value is -1.73. The average molecular weight is 456 g/mol. The van der Waals surface area contributed by atoms with Crippen LogP contribution in [-0.2, 0) is 16.4 Å². The van der Waals surface area contributed by atoms with Crippen LogP contribution in [0.4, 0.5) is 0 Å². The molecule has 0 radical (unpaired) electrons. The molecule has 0 aliphatic carbocycles. The van der Waals surface area contributed by atoms with Gasteiger partial charge < -0.3 is 0 Å². The maximum absolute atomic E-state index is 13.9. The second-order valence-electron chi connectivity index (χ2n) is 9.85. The highest BCUT2D eigenvalue weighted by Crippen LogP contribution is 2.32. The lowest BCUT2D eigenvalue weighted by molar-refractivity contribution is -0.0563. The van der Waals surface area contributed by atoms with Gasteiger partial charge >= 0.3 is 0 Å². The number of nitrogens with zero attached hydrogens (tertiary/aromatic N) is 3. The van der Waals surface area contributed by atoms with Crippen LogP contribution >= 0.6 is 0 Å². The van der Waals surface area contributed by atoms with Crippen molar-refractivity contribution in [3.63, 3.8) is 0 Å². The summed E-state index contributed by atoms with van der Waals surface area (Å²) in [6, 6.07) is 15.2. The van der Waals surface area contributed by atoms with Gasteiger partial charge in [0.2, 0.25) is 10.0 Å². The van der Waals surface area contributed by atoms with Crippen LogP contribution in [0.15, 0.2) is 47.4 Å². The zero-order chi connectivity index (χ0) is 23.0. The smallest absolute Gasteiger partial charge is 0.244 e. The van der Waals surface area contributed by atoms with Gasteiger partial charge in [-0.05, 0) is 70.2 Å². The lowest BCUT2D eigenvalue weighted by Crippen LogP contribution is -2.68. The van der Waals surface area contributed by atoms with Crippen molar-refractivity contribution >= 4 is 10.0 Å². The van der Waals surface area contributed by atoms with Crippen molar-refractivity contribution in [1.82, 2.24) is 14.1 Å². The first-order chi connectivity index (χ1) is 15.2. The predicted molar refractivity (Wildman–Crippen MR) is 130 cm³/mol. The van der Waals surface area contributed by atoms with E-state index in [4.69, 9.17) is 0 Å². The molecule has 0 aromatic heterocycles. The fourth-order valence-electron chi connectivity index (χ4n) is 5.15. The Morgan fingerprint density at radius 2 is 1.62 bits per heavy atom. The monoisotopic (exact) mass is 455 g/mol. The zero-order valence-corrected chi connectivity index (χ0v) is 20.9. The molecule has 2 heterocycles. The Morgan fingerprint density at radius 1 is 0.938 bits per heavy atom. The van der Waals surface area contributed by atoms with Crippen molar-refractivity contribution in [1.29, 1.82) is 0 Å². The van der Waals surface area contributed by atoms with E-state index in [1.54, 1.807) is 4.31 Å². The molecule has 2 fully saturated rings. The molecule has 5 nitrogen and oxygen atoms in total. The number of fused-ring (bicyclic) bond motifs is 1. The fraction of sp³-hybridized carbons (Fsp3) is 0.538. The fourth-order valence-corrected chi connectivity index (χ4v) is 7.09. The van der Waals surface area contributed by atoms with Gasteiger partial charge in [0, 0.05) is 38.3 Å². The normalized spacial score (nSPS) is 23.4. The van der Waals surface area contributed by atoms with Gasteiger partial charge in [-0.3, -0.25) is 9.80 Å². The van der Waals surface area contributed by atoms with Gasteiger partial charge in [0.1, 0.15) is 0 Å². The van der Waals surface area contributed by atoms with Gasteiger partial charge in [-0.1, -0.05) is 42.0 Å². The lowest BCUT2D eigenvalue weighted by atomic mass is 9.98. The summed E-state index contributed by atoms with van der Waals surface area (Å²) >= 11 is 0. The van der Waals surface area contributed by atoms with Crippen LogP contribution in [0.5, 0.6) is 0 Å². The first kappa shape index (κ1) is 23.4. The highest BCUT2D eigenvalue weighted by Gasteiger charge is 2.45. The zero-order valence-electron chi connectivity index (χ0n) is 20.1. The number of hydrogen-bond acceptors (Lipinski definition) is 4. The molecule has 2 aliphatic heterocycles. The molecule has 0 N–H and O–H groups in total. The standard InChI is InChI=1S/C26H37N3O2S/c1-19(2)27-17-24(16-23-11-8-20(3)9-12-23)28-13-6-14-29(26(28)18-27)32(30,31)25-15-21(4)7-10-22(25)5/h7-12,15,19,24,26H,6,13-14,16-18H2,1-5H3. The maximum atomic E-state index is 13.9. The summed E-state index contributed by atoms with van der Waals surface area (Å²) in [4.78, 5) is 5.37.